The number of aromatic nitrogens is 2. The second-order valence-electron chi connectivity index (χ2n) is 4.84. The van der Waals surface area contributed by atoms with Crippen LogP contribution in [0, 0.1) is 5.82 Å². The Labute approximate surface area is 119 Å². The van der Waals surface area contributed by atoms with Gasteiger partial charge >= 0.3 is 0 Å². The number of benzene rings is 1. The Bertz CT molecular complexity index is 718. The number of halogens is 3. The summed E-state index contributed by atoms with van der Waals surface area (Å²) in [5.41, 5.74) is -2.38. The van der Waals surface area contributed by atoms with Gasteiger partial charge in [-0.25, -0.2) is 18.2 Å². The Kier molecular flexibility index (Phi) is 3.04. The van der Waals surface area contributed by atoms with Crippen molar-refractivity contribution in [2.24, 2.45) is 0 Å². The molecule has 8 heteroatoms. The standard InChI is InChI=1S/C13H9BF3N3O/c14-7-1-2-9(15)8(5-7)13(12(16)17)6-20-4-3-18-10(20)11(21)19-13/h1-5,12H,6H2,(H,19,21). The van der Waals surface area contributed by atoms with Gasteiger partial charge in [-0.1, -0.05) is 17.6 Å². The van der Waals surface area contributed by atoms with Crippen LogP contribution in [0.2, 0.25) is 0 Å². The van der Waals surface area contributed by atoms with E-state index in [0.29, 0.717) is 0 Å². The summed E-state index contributed by atoms with van der Waals surface area (Å²) in [6, 6.07) is 3.39. The van der Waals surface area contributed by atoms with Gasteiger partial charge in [0.2, 0.25) is 0 Å². The Morgan fingerprint density at radius 2 is 2.19 bits per heavy atom. The van der Waals surface area contributed by atoms with Crippen molar-refractivity contribution in [2.45, 2.75) is 18.5 Å². The van der Waals surface area contributed by atoms with E-state index in [4.69, 9.17) is 7.85 Å². The molecule has 1 aliphatic rings. The average molecular weight is 291 g/mol. The van der Waals surface area contributed by atoms with E-state index in [9.17, 15) is 18.0 Å². The van der Waals surface area contributed by atoms with Crippen LogP contribution in [0.25, 0.3) is 0 Å². The van der Waals surface area contributed by atoms with Gasteiger partial charge in [-0.05, 0) is 6.07 Å². The van der Waals surface area contributed by atoms with Gasteiger partial charge in [0.25, 0.3) is 12.3 Å². The fourth-order valence-corrected chi connectivity index (χ4v) is 2.49. The van der Waals surface area contributed by atoms with Crippen LogP contribution in [0.1, 0.15) is 16.2 Å². The predicted molar refractivity (Wildman–Crippen MR) is 69.2 cm³/mol. The number of nitrogens with one attached hydrogen (secondary N) is 1. The molecule has 1 unspecified atom stereocenters. The molecule has 4 nitrogen and oxygen atoms in total. The van der Waals surface area contributed by atoms with Crippen LogP contribution in [0.15, 0.2) is 30.6 Å². The molecular formula is C13H9BF3N3O. The number of hydrogen-bond donors (Lipinski definition) is 1. The van der Waals surface area contributed by atoms with Crippen LogP contribution < -0.4 is 10.8 Å². The molecule has 0 saturated heterocycles. The molecular weight excluding hydrogens is 282 g/mol. The first-order valence-electron chi connectivity index (χ1n) is 6.11. The van der Waals surface area contributed by atoms with E-state index in [1.165, 1.54) is 23.0 Å². The quantitative estimate of drug-likeness (QED) is 0.829. The smallest absolute Gasteiger partial charge is 0.288 e. The van der Waals surface area contributed by atoms with Crippen molar-refractivity contribution in [2.75, 3.05) is 0 Å². The van der Waals surface area contributed by atoms with Gasteiger partial charge < -0.3 is 9.88 Å². The predicted octanol–water partition coefficient (Wildman–Crippen LogP) is 0.720. The fraction of sp³-hybridized carbons (Fsp3) is 0.231. The lowest BCUT2D eigenvalue weighted by molar-refractivity contribution is 0.00674. The van der Waals surface area contributed by atoms with Crippen LogP contribution in [-0.2, 0) is 12.1 Å². The summed E-state index contributed by atoms with van der Waals surface area (Å²) < 4.78 is 42.7. The van der Waals surface area contributed by atoms with Gasteiger partial charge in [-0.15, -0.1) is 0 Å². The monoisotopic (exact) mass is 291 g/mol. The summed E-state index contributed by atoms with van der Waals surface area (Å²) in [5, 5.41) is 2.19. The second-order valence-corrected chi connectivity index (χ2v) is 4.84. The number of alkyl halides is 2. The Hall–Kier alpha value is -2.25. The molecule has 2 heterocycles. The molecule has 1 N–H and O–H groups in total. The number of carbonyl (C=O) groups excluding carboxylic acids is 1. The molecule has 0 fully saturated rings. The maximum Gasteiger partial charge on any atom is 0.288 e. The third-order valence-corrected chi connectivity index (χ3v) is 3.52. The van der Waals surface area contributed by atoms with Crippen molar-refractivity contribution in [1.82, 2.24) is 14.9 Å². The molecule has 0 saturated carbocycles. The minimum atomic E-state index is -3.02. The van der Waals surface area contributed by atoms with E-state index in [2.05, 4.69) is 10.3 Å². The normalized spacial score (nSPS) is 21.2. The number of rotatable bonds is 2. The van der Waals surface area contributed by atoms with Crippen molar-refractivity contribution < 1.29 is 18.0 Å². The number of carbonyl (C=O) groups is 1. The SMILES string of the molecule is [B]c1ccc(F)c(C2(C(F)F)Cn3ccnc3C(=O)N2)c1. The zero-order chi connectivity index (χ0) is 15.2. The van der Waals surface area contributed by atoms with Crippen molar-refractivity contribution in [3.05, 3.63) is 47.8 Å². The first-order chi connectivity index (χ1) is 9.94. The highest BCUT2D eigenvalue weighted by Gasteiger charge is 2.49. The number of amides is 1. The molecule has 1 atom stereocenters. The highest BCUT2D eigenvalue weighted by molar-refractivity contribution is 6.32. The van der Waals surface area contributed by atoms with E-state index in [0.717, 1.165) is 12.1 Å². The molecule has 1 aromatic carbocycles. The molecule has 1 amide bonds. The van der Waals surface area contributed by atoms with E-state index >= 15 is 0 Å². The molecule has 106 valence electrons. The lowest BCUT2D eigenvalue weighted by atomic mass is 9.83. The highest BCUT2D eigenvalue weighted by atomic mass is 19.3. The van der Waals surface area contributed by atoms with Gasteiger partial charge in [0.15, 0.2) is 5.82 Å². The number of imidazole rings is 1. The van der Waals surface area contributed by atoms with Crippen molar-refractivity contribution >= 4 is 19.2 Å². The molecule has 2 radical (unpaired) electrons. The molecule has 2 aromatic rings. The largest absolute Gasteiger partial charge is 0.333 e. The fourth-order valence-electron chi connectivity index (χ4n) is 2.49. The number of fused-ring (bicyclic) bond motifs is 1. The van der Waals surface area contributed by atoms with Crippen molar-refractivity contribution in [3.63, 3.8) is 0 Å². The maximum absolute atomic E-state index is 14.0. The van der Waals surface area contributed by atoms with Crippen LogP contribution >= 0.6 is 0 Å². The van der Waals surface area contributed by atoms with Crippen LogP contribution in [0.5, 0.6) is 0 Å². The first kappa shape index (κ1) is 13.7. The van der Waals surface area contributed by atoms with E-state index in [1.807, 2.05) is 0 Å². The minimum Gasteiger partial charge on any atom is -0.333 e. The van der Waals surface area contributed by atoms with Crippen LogP contribution in [0.3, 0.4) is 0 Å². The molecule has 1 aromatic heterocycles. The lowest BCUT2D eigenvalue weighted by Gasteiger charge is -2.38. The molecule has 0 aliphatic carbocycles. The summed E-state index contributed by atoms with van der Waals surface area (Å²) in [5.74, 6) is -1.63. The lowest BCUT2D eigenvalue weighted by Crippen LogP contribution is -2.58. The number of nitrogens with zero attached hydrogens (tertiary/aromatic N) is 2. The summed E-state index contributed by atoms with van der Waals surface area (Å²) in [6.45, 7) is -0.327. The van der Waals surface area contributed by atoms with E-state index in [-0.39, 0.29) is 23.4 Å². The maximum atomic E-state index is 14.0. The topological polar surface area (TPSA) is 46.9 Å². The molecule has 0 bridgehead atoms. The van der Waals surface area contributed by atoms with Gasteiger partial charge in [-0.3, -0.25) is 4.79 Å². The summed E-state index contributed by atoms with van der Waals surface area (Å²) in [4.78, 5) is 15.7. The van der Waals surface area contributed by atoms with Crippen molar-refractivity contribution in [1.29, 1.82) is 0 Å². The molecule has 0 spiro atoms. The summed E-state index contributed by atoms with van der Waals surface area (Å²) in [7, 11) is 5.56. The zero-order valence-corrected chi connectivity index (χ0v) is 10.7. The average Bonchev–Trinajstić information content (AvgIpc) is 2.89. The Morgan fingerprint density at radius 3 is 2.90 bits per heavy atom. The molecule has 3 rings (SSSR count). The van der Waals surface area contributed by atoms with E-state index in [1.54, 1.807) is 0 Å². The molecule has 21 heavy (non-hydrogen) atoms. The van der Waals surface area contributed by atoms with E-state index < -0.39 is 23.7 Å². The first-order valence-corrected chi connectivity index (χ1v) is 6.11. The van der Waals surface area contributed by atoms with Gasteiger partial charge in [0.1, 0.15) is 19.2 Å². The van der Waals surface area contributed by atoms with Crippen LogP contribution in [0.4, 0.5) is 13.2 Å². The summed E-state index contributed by atoms with van der Waals surface area (Å²) in [6.07, 6.45) is -0.296. The Balaban J connectivity index is 2.19. The Morgan fingerprint density at radius 1 is 1.43 bits per heavy atom. The number of hydrogen-bond acceptors (Lipinski definition) is 2. The second kappa shape index (κ2) is 4.65. The van der Waals surface area contributed by atoms with Gasteiger partial charge in [0.05, 0.1) is 6.54 Å². The van der Waals surface area contributed by atoms with Crippen LogP contribution in [-0.4, -0.2) is 29.7 Å². The zero-order valence-electron chi connectivity index (χ0n) is 10.7. The highest BCUT2D eigenvalue weighted by Crippen LogP contribution is 2.34. The van der Waals surface area contributed by atoms with Gasteiger partial charge in [0, 0.05) is 18.0 Å². The third-order valence-electron chi connectivity index (χ3n) is 3.52. The van der Waals surface area contributed by atoms with Gasteiger partial charge in [-0.2, -0.15) is 0 Å². The van der Waals surface area contributed by atoms with Crippen molar-refractivity contribution in [3.8, 4) is 0 Å². The summed E-state index contributed by atoms with van der Waals surface area (Å²) >= 11 is 0. The molecule has 1 aliphatic heterocycles. The minimum absolute atomic E-state index is 0.00980. The third kappa shape index (κ3) is 2.02.